The zero-order chi connectivity index (χ0) is 15.5. The highest BCUT2D eigenvalue weighted by molar-refractivity contribution is 5.81. The van der Waals surface area contributed by atoms with Gasteiger partial charge >= 0.3 is 0 Å². The molecule has 1 aliphatic rings. The molecule has 5 nitrogen and oxygen atoms in total. The molecule has 21 heavy (non-hydrogen) atoms. The average Bonchev–Trinajstić information content (AvgIpc) is 2.45. The summed E-state index contributed by atoms with van der Waals surface area (Å²) in [6.07, 6.45) is 3.48. The topological polar surface area (TPSA) is 48.5 Å². The van der Waals surface area contributed by atoms with Crippen molar-refractivity contribution < 1.29 is 4.79 Å². The fourth-order valence-corrected chi connectivity index (χ4v) is 2.35. The lowest BCUT2D eigenvalue weighted by atomic mass is 9.95. The van der Waals surface area contributed by atoms with Crippen molar-refractivity contribution in [2.24, 2.45) is 5.41 Å². The molecule has 116 valence electrons. The summed E-state index contributed by atoms with van der Waals surface area (Å²) < 4.78 is 0. The number of piperazine rings is 1. The molecule has 1 aliphatic heterocycles. The molecule has 1 atom stereocenters. The highest BCUT2D eigenvalue weighted by Crippen LogP contribution is 2.22. The highest BCUT2D eigenvalue weighted by Gasteiger charge is 2.29. The number of nitrogens with zero attached hydrogens (tertiary/aromatic N) is 3. The highest BCUT2D eigenvalue weighted by atomic mass is 16.2. The zero-order valence-electron chi connectivity index (χ0n) is 13.5. The zero-order valence-corrected chi connectivity index (χ0v) is 13.5. The van der Waals surface area contributed by atoms with Gasteiger partial charge in [-0.2, -0.15) is 0 Å². The second-order valence-corrected chi connectivity index (χ2v) is 6.75. The molecule has 0 spiro atoms. The molecule has 1 aromatic rings. The third-order valence-electron chi connectivity index (χ3n) is 3.87. The van der Waals surface area contributed by atoms with Gasteiger partial charge in [0, 0.05) is 44.0 Å². The quantitative estimate of drug-likeness (QED) is 0.916. The number of pyridine rings is 1. The van der Waals surface area contributed by atoms with E-state index < -0.39 is 5.41 Å². The van der Waals surface area contributed by atoms with E-state index in [0.29, 0.717) is 0 Å². The van der Waals surface area contributed by atoms with E-state index in [1.54, 1.807) is 12.4 Å². The van der Waals surface area contributed by atoms with E-state index in [0.717, 1.165) is 31.7 Å². The first-order valence-corrected chi connectivity index (χ1v) is 7.51. The van der Waals surface area contributed by atoms with Gasteiger partial charge in [0.1, 0.15) is 6.17 Å². The molecule has 2 rings (SSSR count). The molecule has 0 saturated carbocycles. The lowest BCUT2D eigenvalue weighted by molar-refractivity contribution is -0.131. The van der Waals surface area contributed by atoms with Crippen LogP contribution in [0.4, 0.5) is 0 Å². The number of hydrogen-bond acceptors (Lipinski definition) is 4. The predicted octanol–water partition coefficient (Wildman–Crippen LogP) is 1.49. The van der Waals surface area contributed by atoms with E-state index in [-0.39, 0.29) is 12.1 Å². The van der Waals surface area contributed by atoms with Crippen molar-refractivity contribution in [3.8, 4) is 0 Å². The van der Waals surface area contributed by atoms with Gasteiger partial charge in [0.2, 0.25) is 5.91 Å². The predicted molar refractivity (Wildman–Crippen MR) is 83.6 cm³/mol. The van der Waals surface area contributed by atoms with Crippen LogP contribution < -0.4 is 5.32 Å². The van der Waals surface area contributed by atoms with Crippen molar-refractivity contribution in [1.82, 2.24) is 20.1 Å². The van der Waals surface area contributed by atoms with E-state index in [1.807, 2.05) is 32.9 Å². The minimum Gasteiger partial charge on any atom is -0.336 e. The standard InChI is InChI=1S/C16H26N4O/c1-16(2,3)15(21)18-14(13-5-7-17-8-6-13)20-11-9-19(4)10-12-20/h5-8,14H,9-12H2,1-4H3,(H,18,21). The summed E-state index contributed by atoms with van der Waals surface area (Å²) in [6, 6.07) is 3.96. The molecule has 0 aromatic carbocycles. The van der Waals surface area contributed by atoms with E-state index in [2.05, 4.69) is 27.1 Å². The molecule has 2 heterocycles. The minimum atomic E-state index is -0.391. The number of carbonyl (C=O) groups is 1. The summed E-state index contributed by atoms with van der Waals surface area (Å²) >= 11 is 0. The first kappa shape index (κ1) is 15.9. The number of carbonyl (C=O) groups excluding carboxylic acids is 1. The van der Waals surface area contributed by atoms with Crippen LogP contribution in [0.25, 0.3) is 0 Å². The molecule has 1 N–H and O–H groups in total. The largest absolute Gasteiger partial charge is 0.336 e. The normalized spacial score (nSPS) is 19.2. The van der Waals surface area contributed by atoms with Gasteiger partial charge in [-0.15, -0.1) is 0 Å². The first-order valence-electron chi connectivity index (χ1n) is 7.51. The Morgan fingerprint density at radius 1 is 1.19 bits per heavy atom. The molecule has 1 fully saturated rings. The molecule has 5 heteroatoms. The number of rotatable bonds is 3. The van der Waals surface area contributed by atoms with Crippen molar-refractivity contribution in [2.75, 3.05) is 33.2 Å². The summed E-state index contributed by atoms with van der Waals surface area (Å²) in [6.45, 7) is 9.77. The molecule has 0 bridgehead atoms. The summed E-state index contributed by atoms with van der Waals surface area (Å²) in [4.78, 5) is 21.1. The number of hydrogen-bond donors (Lipinski definition) is 1. The molecule has 0 radical (unpaired) electrons. The maximum atomic E-state index is 12.4. The van der Waals surface area contributed by atoms with Gasteiger partial charge in [0.15, 0.2) is 0 Å². The Morgan fingerprint density at radius 2 is 1.76 bits per heavy atom. The number of aromatic nitrogens is 1. The monoisotopic (exact) mass is 290 g/mol. The Kier molecular flexibility index (Phi) is 4.96. The minimum absolute atomic E-state index is 0.0724. The smallest absolute Gasteiger partial charge is 0.226 e. The average molecular weight is 290 g/mol. The van der Waals surface area contributed by atoms with Crippen LogP contribution in [0.5, 0.6) is 0 Å². The van der Waals surface area contributed by atoms with E-state index in [9.17, 15) is 4.79 Å². The van der Waals surface area contributed by atoms with Crippen LogP contribution in [0.3, 0.4) is 0 Å². The summed E-state index contributed by atoms with van der Waals surface area (Å²) in [5.74, 6) is 0.0724. The Morgan fingerprint density at radius 3 is 2.29 bits per heavy atom. The molecule has 0 aliphatic carbocycles. The van der Waals surface area contributed by atoms with Gasteiger partial charge in [0.25, 0.3) is 0 Å². The molecule has 1 amide bonds. The number of likely N-dealkylation sites (N-methyl/N-ethyl adjacent to an activating group) is 1. The van der Waals surface area contributed by atoms with Crippen molar-refractivity contribution in [2.45, 2.75) is 26.9 Å². The van der Waals surface area contributed by atoms with E-state index in [4.69, 9.17) is 0 Å². The van der Waals surface area contributed by atoms with Crippen molar-refractivity contribution in [1.29, 1.82) is 0 Å². The van der Waals surface area contributed by atoms with Crippen LogP contribution in [0, 0.1) is 5.41 Å². The summed E-state index contributed by atoms with van der Waals surface area (Å²) in [7, 11) is 2.13. The second-order valence-electron chi connectivity index (χ2n) is 6.75. The maximum absolute atomic E-state index is 12.4. The van der Waals surface area contributed by atoms with Crippen LogP contribution in [0.15, 0.2) is 24.5 Å². The van der Waals surface area contributed by atoms with Crippen LogP contribution >= 0.6 is 0 Å². The van der Waals surface area contributed by atoms with Gasteiger partial charge in [-0.1, -0.05) is 20.8 Å². The Balaban J connectivity index is 2.17. The van der Waals surface area contributed by atoms with E-state index >= 15 is 0 Å². The van der Waals surface area contributed by atoms with Crippen LogP contribution in [-0.4, -0.2) is 53.9 Å². The van der Waals surface area contributed by atoms with Crippen LogP contribution in [0.2, 0.25) is 0 Å². The van der Waals surface area contributed by atoms with Crippen molar-refractivity contribution >= 4 is 5.91 Å². The lowest BCUT2D eigenvalue weighted by Gasteiger charge is -2.39. The molecule has 1 unspecified atom stereocenters. The van der Waals surface area contributed by atoms with Gasteiger partial charge in [-0.05, 0) is 24.7 Å². The second kappa shape index (κ2) is 6.54. The summed E-state index contributed by atoms with van der Waals surface area (Å²) in [5, 5.41) is 3.20. The third kappa shape index (κ3) is 4.25. The number of nitrogens with one attached hydrogen (secondary N) is 1. The fraction of sp³-hybridized carbons (Fsp3) is 0.625. The van der Waals surface area contributed by atoms with Gasteiger partial charge in [-0.25, -0.2) is 0 Å². The molecule has 1 saturated heterocycles. The Bertz CT molecular complexity index is 461. The first-order chi connectivity index (χ1) is 9.88. The Labute approximate surface area is 127 Å². The third-order valence-corrected chi connectivity index (χ3v) is 3.87. The van der Waals surface area contributed by atoms with Crippen LogP contribution in [-0.2, 0) is 4.79 Å². The molecular weight excluding hydrogens is 264 g/mol. The Hall–Kier alpha value is -1.46. The molecule has 1 aromatic heterocycles. The van der Waals surface area contributed by atoms with Crippen molar-refractivity contribution in [3.63, 3.8) is 0 Å². The van der Waals surface area contributed by atoms with Gasteiger partial charge in [-0.3, -0.25) is 14.7 Å². The summed E-state index contributed by atoms with van der Waals surface area (Å²) in [5.41, 5.74) is 0.699. The molecular formula is C16H26N4O. The van der Waals surface area contributed by atoms with Crippen LogP contribution in [0.1, 0.15) is 32.5 Å². The number of amides is 1. The SMILES string of the molecule is CN1CCN(C(NC(=O)C(C)(C)C)c2ccncc2)CC1. The lowest BCUT2D eigenvalue weighted by Crippen LogP contribution is -2.52. The van der Waals surface area contributed by atoms with Gasteiger partial charge < -0.3 is 10.2 Å². The van der Waals surface area contributed by atoms with Gasteiger partial charge in [0.05, 0.1) is 0 Å². The fourth-order valence-electron chi connectivity index (χ4n) is 2.35. The maximum Gasteiger partial charge on any atom is 0.226 e. The van der Waals surface area contributed by atoms with E-state index in [1.165, 1.54) is 0 Å². The van der Waals surface area contributed by atoms with Crippen molar-refractivity contribution in [3.05, 3.63) is 30.1 Å².